The molecule has 3 rings (SSSR count). The molecule has 0 saturated heterocycles. The van der Waals surface area contributed by atoms with E-state index in [0.29, 0.717) is 23.7 Å². The van der Waals surface area contributed by atoms with E-state index in [-0.39, 0.29) is 11.7 Å². The Kier molecular flexibility index (Phi) is 4.42. The molecule has 7 heteroatoms. The molecule has 0 spiro atoms. The fourth-order valence-electron chi connectivity index (χ4n) is 2.19. The molecule has 0 fully saturated rings. The van der Waals surface area contributed by atoms with Crippen LogP contribution in [0.5, 0.6) is 11.5 Å². The number of phenolic OH excluding ortho intramolecular Hbond substituents is 1. The van der Waals surface area contributed by atoms with Crippen LogP contribution in [0.25, 0.3) is 5.82 Å². The highest BCUT2D eigenvalue weighted by atomic mass is 16.5. The molecule has 0 aliphatic rings. The van der Waals surface area contributed by atoms with E-state index in [4.69, 9.17) is 4.74 Å². The minimum atomic E-state index is -0.292. The summed E-state index contributed by atoms with van der Waals surface area (Å²) in [7, 11) is 1.50. The highest BCUT2D eigenvalue weighted by Crippen LogP contribution is 2.20. The van der Waals surface area contributed by atoms with E-state index in [9.17, 15) is 9.90 Å². The molecule has 0 aliphatic carbocycles. The third-order valence-electron chi connectivity index (χ3n) is 3.44. The first kappa shape index (κ1) is 15.5. The van der Waals surface area contributed by atoms with Crippen molar-refractivity contribution in [3.05, 3.63) is 66.1 Å². The molecule has 0 bridgehead atoms. The Morgan fingerprint density at radius 3 is 2.79 bits per heavy atom. The molecule has 0 saturated carbocycles. The molecule has 0 unspecified atom stereocenters. The van der Waals surface area contributed by atoms with Crippen LogP contribution in [0.2, 0.25) is 0 Å². The first-order valence-electron chi connectivity index (χ1n) is 7.27. The smallest absolute Gasteiger partial charge is 0.256 e. The average molecular weight is 324 g/mol. The van der Waals surface area contributed by atoms with Gasteiger partial charge in [-0.15, -0.1) is 0 Å². The van der Waals surface area contributed by atoms with Crippen LogP contribution in [0.1, 0.15) is 15.9 Å². The van der Waals surface area contributed by atoms with Gasteiger partial charge in [0.25, 0.3) is 5.91 Å². The van der Waals surface area contributed by atoms with Crippen LogP contribution in [-0.4, -0.2) is 32.9 Å². The van der Waals surface area contributed by atoms with Gasteiger partial charge < -0.3 is 15.2 Å². The molecule has 2 aromatic heterocycles. The predicted octanol–water partition coefficient (Wildman–Crippen LogP) is 1.91. The largest absolute Gasteiger partial charge is 0.508 e. The summed E-state index contributed by atoms with van der Waals surface area (Å²) in [4.78, 5) is 16.6. The van der Waals surface area contributed by atoms with Crippen LogP contribution in [-0.2, 0) is 6.54 Å². The molecule has 1 aromatic carbocycles. The summed E-state index contributed by atoms with van der Waals surface area (Å²) in [6.45, 7) is 0.336. The van der Waals surface area contributed by atoms with Crippen LogP contribution in [0.15, 0.2) is 55.0 Å². The number of aromatic hydroxyl groups is 1. The number of hydrogen-bond donors (Lipinski definition) is 2. The molecular formula is C17H16N4O3. The quantitative estimate of drug-likeness (QED) is 0.748. The molecule has 0 aliphatic heterocycles. The van der Waals surface area contributed by atoms with Crippen molar-refractivity contribution in [1.29, 1.82) is 0 Å². The first-order valence-corrected chi connectivity index (χ1v) is 7.27. The maximum atomic E-state index is 12.4. The van der Waals surface area contributed by atoms with Gasteiger partial charge in [-0.25, -0.2) is 9.67 Å². The maximum Gasteiger partial charge on any atom is 0.256 e. The molecule has 0 radical (unpaired) electrons. The van der Waals surface area contributed by atoms with Crippen molar-refractivity contribution in [2.45, 2.75) is 6.54 Å². The minimum Gasteiger partial charge on any atom is -0.508 e. The van der Waals surface area contributed by atoms with Crippen molar-refractivity contribution >= 4 is 5.91 Å². The highest BCUT2D eigenvalue weighted by molar-refractivity contribution is 5.96. The second kappa shape index (κ2) is 6.82. The molecular weight excluding hydrogens is 308 g/mol. The van der Waals surface area contributed by atoms with E-state index in [1.807, 2.05) is 0 Å². The van der Waals surface area contributed by atoms with Gasteiger partial charge in [-0.3, -0.25) is 4.79 Å². The summed E-state index contributed by atoms with van der Waals surface area (Å²) < 4.78 is 6.88. The minimum absolute atomic E-state index is 0.185. The fraction of sp³-hybridized carbons (Fsp3) is 0.118. The number of rotatable bonds is 5. The molecule has 122 valence electrons. The van der Waals surface area contributed by atoms with Gasteiger partial charge in [0.15, 0.2) is 5.82 Å². The number of hydrogen-bond acceptors (Lipinski definition) is 5. The Balaban J connectivity index is 1.75. The number of nitrogens with one attached hydrogen (secondary N) is 1. The highest BCUT2D eigenvalue weighted by Gasteiger charge is 2.14. The Hall–Kier alpha value is -3.35. The summed E-state index contributed by atoms with van der Waals surface area (Å²) in [5.41, 5.74) is 1.22. The molecule has 24 heavy (non-hydrogen) atoms. The van der Waals surface area contributed by atoms with Crippen molar-refractivity contribution in [2.24, 2.45) is 0 Å². The first-order chi connectivity index (χ1) is 11.7. The van der Waals surface area contributed by atoms with Gasteiger partial charge in [-0.1, -0.05) is 12.1 Å². The van der Waals surface area contributed by atoms with Crippen molar-refractivity contribution in [1.82, 2.24) is 20.1 Å². The van der Waals surface area contributed by atoms with Gasteiger partial charge in [0.2, 0.25) is 0 Å². The van der Waals surface area contributed by atoms with E-state index >= 15 is 0 Å². The SMILES string of the molecule is COc1cc(-n2cccn2)ncc1C(=O)NCc1ccc(O)cc1. The zero-order valence-electron chi connectivity index (χ0n) is 13.0. The third-order valence-corrected chi connectivity index (χ3v) is 3.44. The molecule has 0 atom stereocenters. The number of nitrogens with zero attached hydrogens (tertiary/aromatic N) is 3. The Labute approximate surface area is 138 Å². The predicted molar refractivity (Wildman–Crippen MR) is 87.2 cm³/mol. The Morgan fingerprint density at radius 2 is 2.12 bits per heavy atom. The van der Waals surface area contributed by atoms with E-state index in [2.05, 4.69) is 15.4 Å². The number of benzene rings is 1. The number of pyridine rings is 1. The van der Waals surface area contributed by atoms with Gasteiger partial charge in [0, 0.05) is 31.2 Å². The fourth-order valence-corrected chi connectivity index (χ4v) is 2.19. The van der Waals surface area contributed by atoms with E-state index < -0.39 is 0 Å². The Bertz CT molecular complexity index is 830. The summed E-state index contributed by atoms with van der Waals surface area (Å²) in [5.74, 6) is 0.871. The standard InChI is InChI=1S/C17H16N4O3/c1-24-15-9-16(21-8-2-7-20-21)18-11-14(15)17(23)19-10-12-3-5-13(22)6-4-12/h2-9,11,22H,10H2,1H3,(H,19,23). The topological polar surface area (TPSA) is 89.3 Å². The Morgan fingerprint density at radius 1 is 1.33 bits per heavy atom. The lowest BCUT2D eigenvalue weighted by Crippen LogP contribution is -2.23. The number of ether oxygens (including phenoxy) is 1. The van der Waals surface area contributed by atoms with Crippen LogP contribution in [0.3, 0.4) is 0 Å². The van der Waals surface area contributed by atoms with Crippen molar-refractivity contribution in [3.63, 3.8) is 0 Å². The lowest BCUT2D eigenvalue weighted by molar-refractivity contribution is 0.0947. The molecule has 2 N–H and O–H groups in total. The van der Waals surface area contributed by atoms with Gasteiger partial charge in [-0.2, -0.15) is 5.10 Å². The zero-order valence-corrected chi connectivity index (χ0v) is 13.0. The number of carbonyl (C=O) groups is 1. The molecule has 2 heterocycles. The number of phenols is 1. The van der Waals surface area contributed by atoms with Crippen LogP contribution in [0.4, 0.5) is 0 Å². The van der Waals surface area contributed by atoms with Crippen LogP contribution < -0.4 is 10.1 Å². The monoisotopic (exact) mass is 324 g/mol. The van der Waals surface area contributed by atoms with Crippen LogP contribution >= 0.6 is 0 Å². The number of aromatic nitrogens is 3. The second-order valence-electron chi connectivity index (χ2n) is 5.04. The van der Waals surface area contributed by atoms with Crippen molar-refractivity contribution in [2.75, 3.05) is 7.11 Å². The van der Waals surface area contributed by atoms with E-state index in [1.54, 1.807) is 53.5 Å². The summed E-state index contributed by atoms with van der Waals surface area (Å²) in [6, 6.07) is 10.1. The van der Waals surface area contributed by atoms with E-state index in [0.717, 1.165) is 5.56 Å². The van der Waals surface area contributed by atoms with Gasteiger partial charge >= 0.3 is 0 Å². The molecule has 1 amide bonds. The zero-order chi connectivity index (χ0) is 16.9. The third kappa shape index (κ3) is 3.35. The number of amides is 1. The normalized spacial score (nSPS) is 10.4. The van der Waals surface area contributed by atoms with Gasteiger partial charge in [0.05, 0.1) is 12.7 Å². The second-order valence-corrected chi connectivity index (χ2v) is 5.04. The maximum absolute atomic E-state index is 12.4. The van der Waals surface area contributed by atoms with E-state index in [1.165, 1.54) is 13.3 Å². The number of carbonyl (C=O) groups excluding carboxylic acids is 1. The number of methoxy groups -OCH3 is 1. The molecule has 3 aromatic rings. The summed E-state index contributed by atoms with van der Waals surface area (Å²) in [6.07, 6.45) is 4.86. The van der Waals surface area contributed by atoms with Gasteiger partial charge in [-0.05, 0) is 23.8 Å². The van der Waals surface area contributed by atoms with Crippen LogP contribution in [0, 0.1) is 0 Å². The van der Waals surface area contributed by atoms with Gasteiger partial charge in [0.1, 0.15) is 11.5 Å². The lowest BCUT2D eigenvalue weighted by Gasteiger charge is -2.11. The van der Waals surface area contributed by atoms with Crippen molar-refractivity contribution in [3.8, 4) is 17.3 Å². The average Bonchev–Trinajstić information content (AvgIpc) is 3.15. The molecule has 7 nitrogen and oxygen atoms in total. The van der Waals surface area contributed by atoms with Crippen molar-refractivity contribution < 1.29 is 14.6 Å². The summed E-state index contributed by atoms with van der Waals surface area (Å²) >= 11 is 0. The summed E-state index contributed by atoms with van der Waals surface area (Å²) in [5, 5.41) is 16.2. The lowest BCUT2D eigenvalue weighted by atomic mass is 10.2.